The maximum Gasteiger partial charge on any atom is 0.341 e. The Morgan fingerprint density at radius 3 is 2.66 bits per heavy atom. The van der Waals surface area contributed by atoms with Crippen LogP contribution in [0.25, 0.3) is 0 Å². The monoisotopic (exact) mass is 499 g/mol. The molecule has 0 unspecified atom stereocenters. The van der Waals surface area contributed by atoms with Crippen LogP contribution in [0, 0.1) is 29.6 Å². The Labute approximate surface area is 209 Å². The lowest BCUT2D eigenvalue weighted by molar-refractivity contribution is -0.116. The standard InChI is InChI=1S/C26H33N3O5S/c1-7-34-25(32)22-18-9-8-17(26(3,4)5)11-20(18)35-23(22)28-21(30)13-29-15(2)10-16(14-33-6)19(12-27)24(29)31/h10,17H,7-9,11,13-14H2,1-6H3,(H,28,30)/t17-/m0/s1. The quantitative estimate of drug-likeness (QED) is 0.572. The number of esters is 1. The van der Waals surface area contributed by atoms with E-state index in [1.54, 1.807) is 19.9 Å². The molecule has 1 amide bonds. The van der Waals surface area contributed by atoms with E-state index in [-0.39, 0.29) is 30.7 Å². The van der Waals surface area contributed by atoms with Crippen molar-refractivity contribution in [2.75, 3.05) is 19.0 Å². The lowest BCUT2D eigenvalue weighted by atomic mass is 9.72. The molecule has 2 aromatic rings. The van der Waals surface area contributed by atoms with Crippen molar-refractivity contribution >= 4 is 28.2 Å². The normalized spacial score (nSPS) is 15.3. The molecule has 1 atom stereocenters. The van der Waals surface area contributed by atoms with Crippen molar-refractivity contribution in [3.63, 3.8) is 0 Å². The second-order valence-electron chi connectivity index (χ2n) is 9.90. The molecule has 9 heteroatoms. The van der Waals surface area contributed by atoms with Crippen LogP contribution in [0.5, 0.6) is 0 Å². The molecule has 0 aromatic carbocycles. The molecular formula is C26H33N3O5S. The summed E-state index contributed by atoms with van der Waals surface area (Å²) in [6.45, 7) is 10.2. The number of rotatable bonds is 7. The number of ether oxygens (including phenoxy) is 2. The van der Waals surface area contributed by atoms with E-state index in [1.807, 2.05) is 6.07 Å². The Bertz CT molecular complexity index is 1230. The number of hydrogen-bond donors (Lipinski definition) is 1. The third kappa shape index (κ3) is 5.65. The smallest absolute Gasteiger partial charge is 0.341 e. The molecule has 188 valence electrons. The SMILES string of the molecule is CCOC(=O)c1c(NC(=O)Cn2c(C)cc(COC)c(C#N)c2=O)sc2c1CC[C@H](C(C)(C)C)C2. The highest BCUT2D eigenvalue weighted by molar-refractivity contribution is 7.17. The minimum Gasteiger partial charge on any atom is -0.462 e. The number of thiophene rings is 1. The average Bonchev–Trinajstić information content (AvgIpc) is 3.13. The summed E-state index contributed by atoms with van der Waals surface area (Å²) >= 11 is 1.41. The first-order chi connectivity index (χ1) is 16.5. The van der Waals surface area contributed by atoms with Gasteiger partial charge in [0.2, 0.25) is 5.91 Å². The van der Waals surface area contributed by atoms with Crippen LogP contribution in [0.15, 0.2) is 10.9 Å². The number of methoxy groups -OCH3 is 1. The molecule has 3 rings (SSSR count). The van der Waals surface area contributed by atoms with Gasteiger partial charge in [0.25, 0.3) is 5.56 Å². The second-order valence-corrected chi connectivity index (χ2v) is 11.0. The zero-order valence-corrected chi connectivity index (χ0v) is 22.1. The molecule has 2 heterocycles. The highest BCUT2D eigenvalue weighted by atomic mass is 32.1. The maximum atomic E-state index is 13.0. The van der Waals surface area contributed by atoms with Crippen molar-refractivity contribution in [1.82, 2.24) is 4.57 Å². The number of aromatic nitrogens is 1. The summed E-state index contributed by atoms with van der Waals surface area (Å²) in [7, 11) is 1.49. The second kappa shape index (κ2) is 10.8. The van der Waals surface area contributed by atoms with Crippen LogP contribution in [0.2, 0.25) is 0 Å². The zero-order valence-electron chi connectivity index (χ0n) is 21.2. The first-order valence-electron chi connectivity index (χ1n) is 11.8. The van der Waals surface area contributed by atoms with Gasteiger partial charge in [0.05, 0.1) is 18.8 Å². The summed E-state index contributed by atoms with van der Waals surface area (Å²) < 4.78 is 11.7. The van der Waals surface area contributed by atoms with Gasteiger partial charge in [-0.2, -0.15) is 5.26 Å². The predicted octanol–water partition coefficient (Wildman–Crippen LogP) is 4.20. The summed E-state index contributed by atoms with van der Waals surface area (Å²) in [6, 6.07) is 3.60. The van der Waals surface area contributed by atoms with Gasteiger partial charge >= 0.3 is 5.97 Å². The van der Waals surface area contributed by atoms with Crippen molar-refractivity contribution in [2.45, 2.75) is 67.0 Å². The first-order valence-corrected chi connectivity index (χ1v) is 12.6. The maximum absolute atomic E-state index is 13.0. The van der Waals surface area contributed by atoms with E-state index in [1.165, 1.54) is 23.0 Å². The third-order valence-corrected chi connectivity index (χ3v) is 7.69. The molecule has 0 saturated heterocycles. The van der Waals surface area contributed by atoms with E-state index in [4.69, 9.17) is 9.47 Å². The van der Waals surface area contributed by atoms with Crippen molar-refractivity contribution in [3.8, 4) is 6.07 Å². The van der Waals surface area contributed by atoms with Crippen LogP contribution >= 0.6 is 11.3 Å². The first kappa shape index (κ1) is 26.6. The Morgan fingerprint density at radius 1 is 1.34 bits per heavy atom. The number of pyridine rings is 1. The van der Waals surface area contributed by atoms with Crippen molar-refractivity contribution in [2.24, 2.45) is 11.3 Å². The molecule has 1 N–H and O–H groups in total. The molecule has 0 aliphatic heterocycles. The summed E-state index contributed by atoms with van der Waals surface area (Å²) in [5, 5.41) is 12.8. The van der Waals surface area contributed by atoms with Crippen LogP contribution in [0.3, 0.4) is 0 Å². The molecule has 8 nitrogen and oxygen atoms in total. The number of amides is 1. The molecule has 2 aromatic heterocycles. The van der Waals surface area contributed by atoms with Crippen LogP contribution < -0.4 is 10.9 Å². The van der Waals surface area contributed by atoms with E-state index in [0.29, 0.717) is 27.7 Å². The zero-order chi connectivity index (χ0) is 25.9. The minimum absolute atomic E-state index is 0.0442. The molecule has 35 heavy (non-hydrogen) atoms. The van der Waals surface area contributed by atoms with Gasteiger partial charge in [-0.3, -0.25) is 9.59 Å². The van der Waals surface area contributed by atoms with Gasteiger partial charge in [-0.15, -0.1) is 11.3 Å². The molecular weight excluding hydrogens is 466 g/mol. The van der Waals surface area contributed by atoms with Gasteiger partial charge in [0.15, 0.2) is 0 Å². The summed E-state index contributed by atoms with van der Waals surface area (Å²) in [5.41, 5.74) is 1.95. The van der Waals surface area contributed by atoms with Crippen LogP contribution in [-0.2, 0) is 40.3 Å². The fraction of sp³-hybridized carbons (Fsp3) is 0.538. The van der Waals surface area contributed by atoms with Gasteiger partial charge in [0, 0.05) is 23.2 Å². The summed E-state index contributed by atoms with van der Waals surface area (Å²) in [4.78, 5) is 39.9. The van der Waals surface area contributed by atoms with Crippen molar-refractivity contribution in [3.05, 3.63) is 49.2 Å². The number of nitriles is 1. The van der Waals surface area contributed by atoms with E-state index in [2.05, 4.69) is 26.1 Å². The van der Waals surface area contributed by atoms with E-state index < -0.39 is 17.4 Å². The Morgan fingerprint density at radius 2 is 2.06 bits per heavy atom. The summed E-state index contributed by atoms with van der Waals surface area (Å²) in [6.07, 6.45) is 2.56. The molecule has 0 spiro atoms. The number of nitrogens with one attached hydrogen (secondary N) is 1. The fourth-order valence-corrected chi connectivity index (χ4v) is 5.89. The van der Waals surface area contributed by atoms with Crippen LogP contribution in [-0.4, -0.2) is 30.2 Å². The Balaban J connectivity index is 1.93. The van der Waals surface area contributed by atoms with E-state index >= 15 is 0 Å². The number of carbonyl (C=O) groups is 2. The highest BCUT2D eigenvalue weighted by Crippen LogP contribution is 2.44. The number of aryl methyl sites for hydroxylation is 1. The number of nitrogens with zero attached hydrogens (tertiary/aromatic N) is 2. The van der Waals surface area contributed by atoms with E-state index in [9.17, 15) is 19.6 Å². The van der Waals surface area contributed by atoms with Gasteiger partial charge in [-0.25, -0.2) is 4.79 Å². The van der Waals surface area contributed by atoms with Crippen LogP contribution in [0.4, 0.5) is 5.00 Å². The number of hydrogen-bond acceptors (Lipinski definition) is 7. The molecule has 0 bridgehead atoms. The largest absolute Gasteiger partial charge is 0.462 e. The molecule has 0 saturated carbocycles. The predicted molar refractivity (Wildman–Crippen MR) is 135 cm³/mol. The van der Waals surface area contributed by atoms with Crippen molar-refractivity contribution in [1.29, 1.82) is 5.26 Å². The molecule has 0 radical (unpaired) electrons. The summed E-state index contributed by atoms with van der Waals surface area (Å²) in [5.74, 6) is -0.419. The lowest BCUT2D eigenvalue weighted by Gasteiger charge is -2.33. The van der Waals surface area contributed by atoms with E-state index in [0.717, 1.165) is 29.7 Å². The fourth-order valence-electron chi connectivity index (χ4n) is 4.56. The molecule has 0 fully saturated rings. The Kier molecular flexibility index (Phi) is 8.18. The topological polar surface area (TPSA) is 110 Å². The average molecular weight is 500 g/mol. The lowest BCUT2D eigenvalue weighted by Crippen LogP contribution is -2.31. The van der Waals surface area contributed by atoms with Gasteiger partial charge in [0.1, 0.15) is 23.2 Å². The third-order valence-electron chi connectivity index (χ3n) is 6.52. The number of fused-ring (bicyclic) bond motifs is 1. The molecule has 1 aliphatic rings. The van der Waals surface area contributed by atoms with Crippen LogP contribution in [0.1, 0.15) is 71.7 Å². The highest BCUT2D eigenvalue weighted by Gasteiger charge is 2.34. The van der Waals surface area contributed by atoms with Gasteiger partial charge in [-0.1, -0.05) is 20.8 Å². The van der Waals surface area contributed by atoms with Crippen molar-refractivity contribution < 1.29 is 19.1 Å². The minimum atomic E-state index is -0.543. The Hall–Kier alpha value is -2.96. The van der Waals surface area contributed by atoms with Gasteiger partial charge in [-0.05, 0) is 56.1 Å². The van der Waals surface area contributed by atoms with Gasteiger partial charge < -0.3 is 19.4 Å². The molecule has 1 aliphatic carbocycles. The number of anilines is 1. The number of carbonyl (C=O) groups excluding carboxylic acids is 2.